The number of methoxy groups -OCH3 is 1. The number of ketones is 1. The molecular formula is C23H24ClNO4S. The third kappa shape index (κ3) is 6.11. The van der Waals surface area contributed by atoms with Gasteiger partial charge in [-0.05, 0) is 35.8 Å². The molecule has 1 heterocycles. The molecule has 158 valence electrons. The number of piperidine rings is 1. The quantitative estimate of drug-likeness (QED) is 0.475. The maximum absolute atomic E-state index is 12.6. The molecule has 30 heavy (non-hydrogen) atoms. The topological polar surface area (TPSA) is 66.8 Å². The van der Waals surface area contributed by atoms with Crippen LogP contribution in [-0.2, 0) is 11.3 Å². The van der Waals surface area contributed by atoms with Crippen molar-refractivity contribution >= 4 is 35.1 Å². The highest BCUT2D eigenvalue weighted by molar-refractivity contribution is 8.00. The van der Waals surface area contributed by atoms with Crippen LogP contribution in [0.25, 0.3) is 0 Å². The summed E-state index contributed by atoms with van der Waals surface area (Å²) in [5.74, 6) is -0.0224. The van der Waals surface area contributed by atoms with Crippen molar-refractivity contribution in [1.82, 2.24) is 4.90 Å². The molecule has 0 aliphatic carbocycles. The number of hydrogen-bond donors (Lipinski definition) is 1. The second-order valence-corrected chi connectivity index (χ2v) is 8.70. The zero-order chi connectivity index (χ0) is 21.5. The van der Waals surface area contributed by atoms with Gasteiger partial charge in [0.2, 0.25) is 0 Å². The smallest absolute Gasteiger partial charge is 0.328 e. The molecule has 1 atom stereocenters. The summed E-state index contributed by atoms with van der Waals surface area (Å²) in [5.41, 5.74) is 2.44. The number of thioether (sulfide) groups is 1. The van der Waals surface area contributed by atoms with E-state index >= 15 is 0 Å². The standard InChI is InChI=1S/C23H24ClNO4S/c1-29-19-7-4-6-16(11-19)21(26)15-30-22-9-10-25(14-18(22)12-23(27)28)13-17-5-2-3-8-20(17)24/h2-8,11-12,22H,9-10,13-15H2,1H3,(H,27,28)/b18-12+/t22-/m0/s1. The van der Waals surface area contributed by atoms with E-state index < -0.39 is 5.97 Å². The average Bonchev–Trinajstić information content (AvgIpc) is 2.74. The third-order valence-corrected chi connectivity index (χ3v) is 6.73. The van der Waals surface area contributed by atoms with Gasteiger partial charge in [0.15, 0.2) is 5.78 Å². The van der Waals surface area contributed by atoms with Crippen LogP contribution in [0, 0.1) is 0 Å². The Morgan fingerprint density at radius 3 is 2.80 bits per heavy atom. The molecule has 0 aromatic heterocycles. The Balaban J connectivity index is 1.64. The highest BCUT2D eigenvalue weighted by Crippen LogP contribution is 2.30. The second kappa shape index (κ2) is 10.7. The number of carboxylic acids is 1. The SMILES string of the molecule is COc1cccc(C(=O)CS[C@H]2CCN(Cc3ccccc3Cl)C/C2=C\C(=O)O)c1. The van der Waals surface area contributed by atoms with Gasteiger partial charge in [-0.25, -0.2) is 4.79 Å². The number of likely N-dealkylation sites (tertiary alicyclic amines) is 1. The van der Waals surface area contributed by atoms with Gasteiger partial charge in [-0.1, -0.05) is 41.9 Å². The van der Waals surface area contributed by atoms with Gasteiger partial charge in [0.1, 0.15) is 5.75 Å². The fourth-order valence-corrected chi connectivity index (χ4v) is 4.81. The Morgan fingerprint density at radius 1 is 1.27 bits per heavy atom. The average molecular weight is 446 g/mol. The minimum absolute atomic E-state index is 0.00171. The molecule has 0 spiro atoms. The van der Waals surface area contributed by atoms with Gasteiger partial charge in [0, 0.05) is 41.5 Å². The van der Waals surface area contributed by atoms with Crippen molar-refractivity contribution < 1.29 is 19.4 Å². The molecule has 7 heteroatoms. The maximum atomic E-state index is 12.6. The summed E-state index contributed by atoms with van der Waals surface area (Å²) in [5, 5.41) is 10.0. The zero-order valence-corrected chi connectivity index (χ0v) is 18.3. The largest absolute Gasteiger partial charge is 0.497 e. The molecule has 5 nitrogen and oxygen atoms in total. The Morgan fingerprint density at radius 2 is 2.07 bits per heavy atom. The van der Waals surface area contributed by atoms with Crippen LogP contribution in [0.1, 0.15) is 22.3 Å². The summed E-state index contributed by atoms with van der Waals surface area (Å²) in [6.07, 6.45) is 2.06. The lowest BCUT2D eigenvalue weighted by Crippen LogP contribution is -2.37. The number of halogens is 1. The number of nitrogens with zero attached hydrogens (tertiary/aromatic N) is 1. The predicted octanol–water partition coefficient (Wildman–Crippen LogP) is 4.55. The van der Waals surface area contributed by atoms with Crippen molar-refractivity contribution in [3.63, 3.8) is 0 Å². The Labute approximate surface area is 185 Å². The lowest BCUT2D eigenvalue weighted by atomic mass is 10.0. The van der Waals surface area contributed by atoms with Gasteiger partial charge < -0.3 is 9.84 Å². The van der Waals surface area contributed by atoms with Gasteiger partial charge in [-0.2, -0.15) is 0 Å². The summed E-state index contributed by atoms with van der Waals surface area (Å²) in [7, 11) is 1.57. The molecule has 0 bridgehead atoms. The van der Waals surface area contributed by atoms with Crippen LogP contribution in [-0.4, -0.2) is 53.0 Å². The van der Waals surface area contributed by atoms with E-state index in [1.165, 1.54) is 17.8 Å². The van der Waals surface area contributed by atoms with Gasteiger partial charge >= 0.3 is 5.97 Å². The number of benzene rings is 2. The summed E-state index contributed by atoms with van der Waals surface area (Å²) < 4.78 is 5.18. The fourth-order valence-electron chi connectivity index (χ4n) is 3.47. The molecule has 2 aromatic rings. The minimum atomic E-state index is -0.964. The van der Waals surface area contributed by atoms with Crippen molar-refractivity contribution in [3.8, 4) is 5.75 Å². The summed E-state index contributed by atoms with van der Waals surface area (Å²) >= 11 is 7.77. The second-order valence-electron chi connectivity index (χ2n) is 7.10. The van der Waals surface area contributed by atoms with E-state index in [1.807, 2.05) is 24.3 Å². The first-order valence-electron chi connectivity index (χ1n) is 9.64. The summed E-state index contributed by atoms with van der Waals surface area (Å²) in [6, 6.07) is 14.8. The molecule has 0 saturated carbocycles. The Bertz CT molecular complexity index is 946. The normalized spacial score (nSPS) is 18.3. The number of rotatable bonds is 8. The van der Waals surface area contributed by atoms with Crippen LogP contribution in [0.3, 0.4) is 0 Å². The molecule has 1 aliphatic rings. The molecule has 2 aromatic carbocycles. The molecule has 1 aliphatic heterocycles. The molecule has 1 fully saturated rings. The van der Waals surface area contributed by atoms with Crippen molar-refractivity contribution in [1.29, 1.82) is 0 Å². The van der Waals surface area contributed by atoms with Crippen molar-refractivity contribution in [2.45, 2.75) is 18.2 Å². The van der Waals surface area contributed by atoms with E-state index in [-0.39, 0.29) is 11.0 Å². The van der Waals surface area contributed by atoms with Crippen molar-refractivity contribution in [3.05, 3.63) is 76.3 Å². The van der Waals surface area contributed by atoms with E-state index in [1.54, 1.807) is 31.4 Å². The molecule has 1 saturated heterocycles. The number of carbonyl (C=O) groups excluding carboxylic acids is 1. The van der Waals surface area contributed by atoms with Gasteiger partial charge in [0.05, 0.1) is 12.9 Å². The van der Waals surface area contributed by atoms with Crippen LogP contribution in [0.2, 0.25) is 5.02 Å². The highest BCUT2D eigenvalue weighted by atomic mass is 35.5. The van der Waals surface area contributed by atoms with E-state index in [4.69, 9.17) is 16.3 Å². The van der Waals surface area contributed by atoms with Crippen LogP contribution in [0.15, 0.2) is 60.2 Å². The molecule has 3 rings (SSSR count). The molecule has 1 N–H and O–H groups in total. The summed E-state index contributed by atoms with van der Waals surface area (Å²) in [4.78, 5) is 26.1. The lowest BCUT2D eigenvalue weighted by molar-refractivity contribution is -0.131. The van der Waals surface area contributed by atoms with Crippen molar-refractivity contribution in [2.24, 2.45) is 0 Å². The number of ether oxygens (including phenoxy) is 1. The lowest BCUT2D eigenvalue weighted by Gasteiger charge is -2.34. The predicted molar refractivity (Wildman–Crippen MR) is 121 cm³/mol. The van der Waals surface area contributed by atoms with Crippen molar-refractivity contribution in [2.75, 3.05) is 26.0 Å². The molecule has 0 unspecified atom stereocenters. The van der Waals surface area contributed by atoms with E-state index in [2.05, 4.69) is 4.90 Å². The number of Topliss-reactive ketones (excluding diaryl/α,β-unsaturated/α-hetero) is 1. The van der Waals surface area contributed by atoms with Gasteiger partial charge in [0.25, 0.3) is 0 Å². The van der Waals surface area contributed by atoms with E-state index in [0.717, 1.165) is 24.1 Å². The van der Waals surface area contributed by atoms with Crippen LogP contribution >= 0.6 is 23.4 Å². The maximum Gasteiger partial charge on any atom is 0.328 e. The number of carboxylic acid groups (broad SMARTS) is 1. The highest BCUT2D eigenvalue weighted by Gasteiger charge is 2.26. The van der Waals surface area contributed by atoms with E-state index in [0.29, 0.717) is 35.2 Å². The zero-order valence-electron chi connectivity index (χ0n) is 16.7. The van der Waals surface area contributed by atoms with Gasteiger partial charge in [-0.3, -0.25) is 9.69 Å². The molecular weight excluding hydrogens is 422 g/mol. The number of aliphatic carboxylic acids is 1. The Kier molecular flexibility index (Phi) is 7.96. The molecule has 0 radical (unpaired) electrons. The van der Waals surface area contributed by atoms with E-state index in [9.17, 15) is 14.7 Å². The first-order valence-corrected chi connectivity index (χ1v) is 11.1. The number of hydrogen-bond acceptors (Lipinski definition) is 5. The van der Waals surface area contributed by atoms with Crippen LogP contribution in [0.5, 0.6) is 5.75 Å². The minimum Gasteiger partial charge on any atom is -0.497 e. The monoisotopic (exact) mass is 445 g/mol. The van der Waals surface area contributed by atoms with Crippen LogP contribution in [0.4, 0.5) is 0 Å². The third-order valence-electron chi connectivity index (χ3n) is 5.00. The van der Waals surface area contributed by atoms with Crippen LogP contribution < -0.4 is 4.74 Å². The first-order chi connectivity index (χ1) is 14.5. The molecule has 0 amide bonds. The fraction of sp³-hybridized carbons (Fsp3) is 0.304. The first kappa shape index (κ1) is 22.4. The van der Waals surface area contributed by atoms with Gasteiger partial charge in [-0.15, -0.1) is 11.8 Å². The Hall–Kier alpha value is -2.28. The number of carbonyl (C=O) groups is 2. The summed E-state index contributed by atoms with van der Waals surface area (Å²) in [6.45, 7) is 2.02.